The van der Waals surface area contributed by atoms with E-state index in [-0.39, 0.29) is 16.6 Å². The van der Waals surface area contributed by atoms with Gasteiger partial charge in [0.15, 0.2) is 0 Å². The zero-order chi connectivity index (χ0) is 19.6. The molecule has 28 heavy (non-hydrogen) atoms. The normalized spacial score (nSPS) is 30.7. The summed E-state index contributed by atoms with van der Waals surface area (Å²) in [6, 6.07) is 1.79. The summed E-state index contributed by atoms with van der Waals surface area (Å²) in [5, 5.41) is -0.174. The van der Waals surface area contributed by atoms with E-state index in [1.165, 1.54) is 0 Å². The zero-order valence-electron chi connectivity index (χ0n) is 16.2. The first-order valence-corrected chi connectivity index (χ1v) is 11.6. The fourth-order valence-electron chi connectivity index (χ4n) is 5.62. The summed E-state index contributed by atoms with van der Waals surface area (Å²) in [6.45, 7) is 3.12. The van der Waals surface area contributed by atoms with Crippen molar-refractivity contribution in [3.05, 3.63) is 18.5 Å². The Kier molecular flexibility index (Phi) is 4.00. The maximum atomic E-state index is 13.3. The van der Waals surface area contributed by atoms with Crippen LogP contribution in [0.3, 0.4) is 0 Å². The first kappa shape index (κ1) is 18.3. The average Bonchev–Trinajstić information content (AvgIpc) is 3.47. The zero-order valence-corrected chi connectivity index (χ0v) is 17.1. The molecule has 1 aliphatic carbocycles. The molecule has 8 nitrogen and oxygen atoms in total. The third-order valence-corrected chi connectivity index (χ3v) is 9.82. The molecule has 1 aromatic heterocycles. The van der Waals surface area contributed by atoms with Crippen LogP contribution in [0.5, 0.6) is 0 Å². The SMILES string of the molecule is CN1CC[C@]2(CN(c3ncccn3)CC23CCN(S(=O)(=O)C2CC2)CC3)C1=O. The van der Waals surface area contributed by atoms with Crippen molar-refractivity contribution in [1.29, 1.82) is 0 Å². The molecule has 1 aromatic rings. The van der Waals surface area contributed by atoms with Gasteiger partial charge in [0.2, 0.25) is 21.9 Å². The van der Waals surface area contributed by atoms with Gasteiger partial charge in [0.25, 0.3) is 0 Å². The fourth-order valence-corrected chi connectivity index (χ4v) is 7.46. The smallest absolute Gasteiger partial charge is 0.231 e. The van der Waals surface area contributed by atoms with Gasteiger partial charge >= 0.3 is 0 Å². The van der Waals surface area contributed by atoms with Crippen molar-refractivity contribution in [2.24, 2.45) is 10.8 Å². The highest BCUT2D eigenvalue weighted by Crippen LogP contribution is 2.58. The summed E-state index contributed by atoms with van der Waals surface area (Å²) in [7, 11) is -1.29. The van der Waals surface area contributed by atoms with Gasteiger partial charge in [0, 0.05) is 57.6 Å². The third kappa shape index (κ3) is 2.51. The van der Waals surface area contributed by atoms with E-state index in [0.29, 0.717) is 32.1 Å². The fraction of sp³-hybridized carbons (Fsp3) is 0.737. The number of nitrogens with zero attached hydrogens (tertiary/aromatic N) is 5. The Hall–Kier alpha value is -1.74. The summed E-state index contributed by atoms with van der Waals surface area (Å²) < 4.78 is 27.0. The second-order valence-electron chi connectivity index (χ2n) is 8.89. The Morgan fingerprint density at radius 1 is 1.04 bits per heavy atom. The number of amides is 1. The molecule has 0 radical (unpaired) electrons. The van der Waals surface area contributed by atoms with E-state index in [2.05, 4.69) is 14.9 Å². The Labute approximate surface area is 166 Å². The minimum Gasteiger partial charge on any atom is -0.345 e. The van der Waals surface area contributed by atoms with Crippen LogP contribution in [0.4, 0.5) is 5.95 Å². The molecule has 4 fully saturated rings. The minimum absolute atomic E-state index is 0.174. The molecule has 4 aliphatic rings. The number of piperidine rings is 1. The summed E-state index contributed by atoms with van der Waals surface area (Å²) in [5.41, 5.74) is -0.681. The van der Waals surface area contributed by atoms with Gasteiger partial charge in [0.1, 0.15) is 0 Å². The molecule has 0 N–H and O–H groups in total. The van der Waals surface area contributed by atoms with E-state index in [1.807, 2.05) is 11.9 Å². The van der Waals surface area contributed by atoms with Gasteiger partial charge in [0.05, 0.1) is 10.7 Å². The summed E-state index contributed by atoms with van der Waals surface area (Å²) in [5.74, 6) is 0.860. The van der Waals surface area contributed by atoms with Crippen LogP contribution in [0.25, 0.3) is 0 Å². The molecule has 9 heteroatoms. The van der Waals surface area contributed by atoms with Crippen LogP contribution in [-0.4, -0.2) is 78.5 Å². The van der Waals surface area contributed by atoms with Crippen molar-refractivity contribution >= 4 is 21.9 Å². The van der Waals surface area contributed by atoms with Gasteiger partial charge in [-0.2, -0.15) is 0 Å². The second kappa shape index (κ2) is 6.13. The number of sulfonamides is 1. The molecule has 0 aromatic carbocycles. The molecule has 152 valence electrons. The maximum Gasteiger partial charge on any atom is 0.231 e. The van der Waals surface area contributed by atoms with E-state index in [4.69, 9.17) is 0 Å². The van der Waals surface area contributed by atoms with Crippen molar-refractivity contribution in [3.8, 4) is 0 Å². The largest absolute Gasteiger partial charge is 0.345 e. The predicted molar refractivity (Wildman–Crippen MR) is 104 cm³/mol. The predicted octanol–water partition coefficient (Wildman–Crippen LogP) is 0.720. The van der Waals surface area contributed by atoms with Crippen LogP contribution in [0.2, 0.25) is 0 Å². The average molecular weight is 406 g/mol. The van der Waals surface area contributed by atoms with Gasteiger partial charge < -0.3 is 9.80 Å². The summed E-state index contributed by atoms with van der Waals surface area (Å²) in [6.07, 6.45) is 7.30. The lowest BCUT2D eigenvalue weighted by Crippen LogP contribution is -2.53. The molecule has 1 saturated carbocycles. The molecule has 5 rings (SSSR count). The first-order valence-electron chi connectivity index (χ1n) is 10.1. The highest BCUT2D eigenvalue weighted by Gasteiger charge is 2.65. The highest BCUT2D eigenvalue weighted by atomic mass is 32.2. The monoisotopic (exact) mass is 405 g/mol. The van der Waals surface area contributed by atoms with Crippen molar-refractivity contribution < 1.29 is 13.2 Å². The molecular formula is C19H27N5O3S. The van der Waals surface area contributed by atoms with Crippen molar-refractivity contribution in [3.63, 3.8) is 0 Å². The summed E-state index contributed by atoms with van der Waals surface area (Å²) in [4.78, 5) is 26.1. The van der Waals surface area contributed by atoms with Gasteiger partial charge in [-0.1, -0.05) is 0 Å². The molecule has 1 atom stereocenters. The molecule has 1 amide bonds. The van der Waals surface area contributed by atoms with Gasteiger partial charge in [-0.05, 0) is 38.2 Å². The van der Waals surface area contributed by atoms with Crippen molar-refractivity contribution in [1.82, 2.24) is 19.2 Å². The summed E-state index contributed by atoms with van der Waals surface area (Å²) >= 11 is 0. The Bertz CT molecular complexity index is 880. The maximum absolute atomic E-state index is 13.3. The van der Waals surface area contributed by atoms with E-state index in [9.17, 15) is 13.2 Å². The second-order valence-corrected chi connectivity index (χ2v) is 11.1. The number of rotatable bonds is 3. The Morgan fingerprint density at radius 3 is 2.29 bits per heavy atom. The molecule has 0 unspecified atom stereocenters. The van der Waals surface area contributed by atoms with Gasteiger partial charge in [-0.15, -0.1) is 0 Å². The number of hydrogen-bond donors (Lipinski definition) is 0. The minimum atomic E-state index is -3.16. The van der Waals surface area contributed by atoms with E-state index in [1.54, 1.807) is 22.8 Å². The van der Waals surface area contributed by atoms with Gasteiger partial charge in [-0.3, -0.25) is 4.79 Å². The van der Waals surface area contributed by atoms with Crippen LogP contribution in [-0.2, 0) is 14.8 Å². The molecule has 2 spiro atoms. The highest BCUT2D eigenvalue weighted by molar-refractivity contribution is 7.90. The van der Waals surface area contributed by atoms with Crippen LogP contribution in [0.15, 0.2) is 18.5 Å². The van der Waals surface area contributed by atoms with Crippen LogP contribution < -0.4 is 4.90 Å². The number of anilines is 1. The number of aromatic nitrogens is 2. The molecule has 3 aliphatic heterocycles. The Morgan fingerprint density at radius 2 is 1.71 bits per heavy atom. The molecular weight excluding hydrogens is 378 g/mol. The topological polar surface area (TPSA) is 86.7 Å². The number of fused-ring (bicyclic) bond motifs is 1. The number of likely N-dealkylation sites (tertiary alicyclic amines) is 1. The number of carbonyl (C=O) groups excluding carboxylic acids is 1. The van der Waals surface area contributed by atoms with Crippen molar-refractivity contribution in [2.45, 2.75) is 37.4 Å². The van der Waals surface area contributed by atoms with Crippen LogP contribution >= 0.6 is 0 Å². The lowest BCUT2D eigenvalue weighted by molar-refractivity contribution is -0.140. The molecule has 3 saturated heterocycles. The van der Waals surface area contributed by atoms with Crippen LogP contribution in [0, 0.1) is 10.8 Å². The Balaban J connectivity index is 1.45. The lowest BCUT2D eigenvalue weighted by Gasteiger charge is -2.46. The van der Waals surface area contributed by atoms with E-state index in [0.717, 1.165) is 38.6 Å². The standard InChI is InChI=1S/C19H27N5O3S/c1-22-10-7-19(16(22)25)14-23(17-20-8-2-9-21-17)13-18(19)5-11-24(12-6-18)28(26,27)15-3-4-15/h2,8-9,15H,3-7,10-14H2,1H3/t19-/m0/s1. The third-order valence-electron chi connectivity index (χ3n) is 7.42. The number of carbonyl (C=O) groups is 1. The molecule has 0 bridgehead atoms. The van der Waals surface area contributed by atoms with E-state index >= 15 is 0 Å². The quantitative estimate of drug-likeness (QED) is 0.737. The van der Waals surface area contributed by atoms with Crippen molar-refractivity contribution in [2.75, 3.05) is 44.7 Å². The first-order chi connectivity index (χ1) is 13.4. The van der Waals surface area contributed by atoms with Gasteiger partial charge in [-0.25, -0.2) is 22.7 Å². The lowest BCUT2D eigenvalue weighted by atomic mass is 9.60. The van der Waals surface area contributed by atoms with Crippen LogP contribution in [0.1, 0.15) is 32.1 Å². The van der Waals surface area contributed by atoms with E-state index < -0.39 is 15.4 Å². The number of hydrogen-bond acceptors (Lipinski definition) is 6. The molecule has 4 heterocycles.